The van der Waals surface area contributed by atoms with Gasteiger partial charge >= 0.3 is 0 Å². The zero-order chi connectivity index (χ0) is 25.5. The van der Waals surface area contributed by atoms with Crippen LogP contribution in [-0.4, -0.2) is 25.8 Å². The second kappa shape index (κ2) is 9.34. The van der Waals surface area contributed by atoms with Crippen molar-refractivity contribution in [3.63, 3.8) is 0 Å². The molecule has 0 radical (unpaired) electrons. The molecule has 0 saturated heterocycles. The normalized spacial score (nSPS) is 11.3. The number of rotatable bonds is 4. The molecule has 1 unspecified atom stereocenters. The van der Waals surface area contributed by atoms with Crippen molar-refractivity contribution in [1.29, 1.82) is 5.26 Å². The van der Waals surface area contributed by atoms with E-state index in [2.05, 4.69) is 109 Å². The fourth-order valence-corrected chi connectivity index (χ4v) is 5.46. The molecule has 0 bridgehead atoms. The predicted octanol–water partition coefficient (Wildman–Crippen LogP) is 5.99. The molecule has 37 heavy (non-hydrogen) atoms. The number of fused-ring (bicyclic) bond motifs is 3. The molecule has 6 aromatic rings. The van der Waals surface area contributed by atoms with Gasteiger partial charge in [0.05, 0.1) is 22.3 Å². The Morgan fingerprint density at radius 1 is 0.811 bits per heavy atom. The molecule has 0 aliphatic rings. The summed E-state index contributed by atoms with van der Waals surface area (Å²) in [4.78, 5) is 13.4. The number of nitrogens with zero attached hydrogens (tertiary/aromatic N) is 5. The van der Waals surface area contributed by atoms with Gasteiger partial charge in [0.1, 0.15) is 11.6 Å². The summed E-state index contributed by atoms with van der Waals surface area (Å²) in [5, 5.41) is 12.3. The summed E-state index contributed by atoms with van der Waals surface area (Å²) < 4.78 is 2.16. The standard InChI is InChI=1S/C30H21N5P2/c1-18-6-5-7-19(14-18)20-12-13-26-24(15-20)23-8-3-4-9-25(23)35(26)27-16-21(10-11-22(27)17-31)28-32-29(36)34-30(33-28)37-2/h3-16H,2,36H2,1H3. The second-order valence-electron chi connectivity index (χ2n) is 8.77. The molecule has 0 N–H and O–H groups in total. The Hall–Kier alpha value is -4.22. The molecular formula is C30H21N5P2. The zero-order valence-corrected chi connectivity index (χ0v) is 22.1. The summed E-state index contributed by atoms with van der Waals surface area (Å²) in [5.41, 5.74) is 8.96. The maximum Gasteiger partial charge on any atom is 0.182 e. The van der Waals surface area contributed by atoms with Gasteiger partial charge in [-0.3, -0.25) is 0 Å². The van der Waals surface area contributed by atoms with Crippen LogP contribution in [0.5, 0.6) is 0 Å². The summed E-state index contributed by atoms with van der Waals surface area (Å²) in [6.07, 6.45) is 3.88. The van der Waals surface area contributed by atoms with E-state index >= 15 is 0 Å². The maximum atomic E-state index is 10.1. The van der Waals surface area contributed by atoms with Crippen molar-refractivity contribution >= 4 is 56.7 Å². The van der Waals surface area contributed by atoms with Gasteiger partial charge in [-0.2, -0.15) is 5.26 Å². The SMILES string of the molecule is C=Pc1nc(P)nc(-c2ccc(C#N)c(-n3c4ccccc4c4cc(-c5cccc(C)c5)ccc43)c2)n1. The predicted molar refractivity (Wildman–Crippen MR) is 158 cm³/mol. The lowest BCUT2D eigenvalue weighted by Gasteiger charge is -2.12. The average Bonchev–Trinajstić information content (AvgIpc) is 3.26. The van der Waals surface area contributed by atoms with Crippen LogP contribution < -0.4 is 11.1 Å². The summed E-state index contributed by atoms with van der Waals surface area (Å²) >= 11 is 0. The molecule has 1 atom stereocenters. The van der Waals surface area contributed by atoms with Crippen molar-refractivity contribution < 1.29 is 0 Å². The highest BCUT2D eigenvalue weighted by molar-refractivity contribution is 7.45. The third kappa shape index (κ3) is 4.11. The molecule has 176 valence electrons. The number of aromatic nitrogens is 4. The van der Waals surface area contributed by atoms with Crippen molar-refractivity contribution in [3.05, 3.63) is 96.1 Å². The highest BCUT2D eigenvalue weighted by Gasteiger charge is 2.17. The van der Waals surface area contributed by atoms with E-state index in [9.17, 15) is 5.26 Å². The highest BCUT2D eigenvalue weighted by atomic mass is 31.1. The highest BCUT2D eigenvalue weighted by Crippen LogP contribution is 2.36. The first-order valence-corrected chi connectivity index (χ1v) is 13.3. The lowest BCUT2D eigenvalue weighted by atomic mass is 10.0. The first kappa shape index (κ1) is 23.2. The number of para-hydroxylation sites is 1. The first-order valence-electron chi connectivity index (χ1n) is 11.7. The molecule has 0 amide bonds. The van der Waals surface area contributed by atoms with Crippen LogP contribution >= 0.6 is 17.4 Å². The molecule has 7 heteroatoms. The van der Waals surface area contributed by atoms with Crippen LogP contribution in [0.4, 0.5) is 0 Å². The molecular weight excluding hydrogens is 492 g/mol. The van der Waals surface area contributed by atoms with E-state index in [0.717, 1.165) is 46.8 Å². The van der Waals surface area contributed by atoms with Crippen LogP contribution in [0.1, 0.15) is 11.1 Å². The van der Waals surface area contributed by atoms with E-state index in [-0.39, 0.29) is 0 Å². The van der Waals surface area contributed by atoms with Crippen molar-refractivity contribution in [2.75, 3.05) is 0 Å². The van der Waals surface area contributed by atoms with Gasteiger partial charge < -0.3 is 4.57 Å². The van der Waals surface area contributed by atoms with Gasteiger partial charge in [-0.1, -0.05) is 69.6 Å². The van der Waals surface area contributed by atoms with E-state index in [1.54, 1.807) is 0 Å². The summed E-state index contributed by atoms with van der Waals surface area (Å²) in [6.45, 7) is 2.11. The third-order valence-electron chi connectivity index (χ3n) is 6.42. The molecule has 0 saturated carbocycles. The molecule has 0 spiro atoms. The van der Waals surface area contributed by atoms with Crippen molar-refractivity contribution in [3.8, 4) is 34.3 Å². The average molecular weight is 513 g/mol. The Morgan fingerprint density at radius 3 is 2.41 bits per heavy atom. The van der Waals surface area contributed by atoms with E-state index in [1.165, 1.54) is 11.1 Å². The molecule has 5 nitrogen and oxygen atoms in total. The molecule has 6 rings (SSSR count). The van der Waals surface area contributed by atoms with Gasteiger partial charge in [-0.05, 0) is 62.7 Å². The largest absolute Gasteiger partial charge is 0.308 e. The minimum atomic E-state index is 0.555. The number of nitriles is 1. The lowest BCUT2D eigenvalue weighted by molar-refractivity contribution is 1.14. The van der Waals surface area contributed by atoms with Crippen molar-refractivity contribution in [2.24, 2.45) is 0 Å². The Kier molecular flexibility index (Phi) is 5.85. The van der Waals surface area contributed by atoms with Crippen molar-refractivity contribution in [2.45, 2.75) is 6.92 Å². The third-order valence-corrected chi connectivity index (χ3v) is 7.16. The van der Waals surface area contributed by atoms with E-state index in [4.69, 9.17) is 0 Å². The van der Waals surface area contributed by atoms with Crippen LogP contribution in [0.25, 0.3) is 50.0 Å². The Morgan fingerprint density at radius 2 is 1.59 bits per heavy atom. The number of hydrogen-bond acceptors (Lipinski definition) is 4. The summed E-state index contributed by atoms with van der Waals surface area (Å²) in [5.74, 6) is 0.555. The summed E-state index contributed by atoms with van der Waals surface area (Å²) in [7, 11) is 3.25. The van der Waals surface area contributed by atoms with Gasteiger partial charge in [-0.15, -0.1) is 0 Å². The molecule has 2 aromatic heterocycles. The number of hydrogen-bond donors (Lipinski definition) is 0. The maximum absolute atomic E-state index is 10.1. The fraction of sp³-hybridized carbons (Fsp3) is 0.0333. The first-order chi connectivity index (χ1) is 18.1. The number of aryl methyl sites for hydroxylation is 1. The van der Waals surface area contributed by atoms with Gasteiger partial charge in [0, 0.05) is 16.3 Å². The Bertz CT molecular complexity index is 1900. The van der Waals surface area contributed by atoms with Gasteiger partial charge in [0.15, 0.2) is 11.4 Å². The molecule has 2 heterocycles. The monoisotopic (exact) mass is 513 g/mol. The second-order valence-corrected chi connectivity index (χ2v) is 10.0. The van der Waals surface area contributed by atoms with Gasteiger partial charge in [-0.25, -0.2) is 15.0 Å². The quantitative estimate of drug-likeness (QED) is 0.272. The van der Waals surface area contributed by atoms with E-state index in [1.807, 2.05) is 24.3 Å². The fourth-order valence-electron chi connectivity index (χ4n) is 4.77. The van der Waals surface area contributed by atoms with E-state index < -0.39 is 0 Å². The Labute approximate surface area is 218 Å². The van der Waals surface area contributed by atoms with Crippen LogP contribution in [0.3, 0.4) is 0 Å². The number of benzene rings is 4. The summed E-state index contributed by atoms with van der Waals surface area (Å²) in [6, 6.07) is 31.5. The van der Waals surface area contributed by atoms with Crippen LogP contribution in [0.15, 0.2) is 84.9 Å². The minimum absolute atomic E-state index is 0.555. The Balaban J connectivity index is 1.62. The lowest BCUT2D eigenvalue weighted by Crippen LogP contribution is -2.18. The van der Waals surface area contributed by atoms with Gasteiger partial charge in [0.25, 0.3) is 0 Å². The van der Waals surface area contributed by atoms with Crippen LogP contribution in [0, 0.1) is 18.3 Å². The minimum Gasteiger partial charge on any atom is -0.308 e. The van der Waals surface area contributed by atoms with Crippen LogP contribution in [0.2, 0.25) is 0 Å². The zero-order valence-electron chi connectivity index (χ0n) is 20.1. The topological polar surface area (TPSA) is 67.4 Å². The van der Waals surface area contributed by atoms with E-state index in [0.29, 0.717) is 22.5 Å². The molecule has 0 fully saturated rings. The smallest absolute Gasteiger partial charge is 0.182 e. The molecule has 0 aliphatic carbocycles. The van der Waals surface area contributed by atoms with Crippen molar-refractivity contribution in [1.82, 2.24) is 19.5 Å². The molecule has 4 aromatic carbocycles. The van der Waals surface area contributed by atoms with Gasteiger partial charge in [0.2, 0.25) is 0 Å². The molecule has 0 aliphatic heterocycles. The van der Waals surface area contributed by atoms with Crippen LogP contribution in [-0.2, 0) is 0 Å².